The van der Waals surface area contributed by atoms with Crippen LogP contribution in [0.3, 0.4) is 0 Å². The fourth-order valence-corrected chi connectivity index (χ4v) is 5.32. The molecule has 3 aromatic heterocycles. The SMILES string of the molecule is CN(C)c1nc2nc(C3CCOC(c4cnn(C5CC5)c4)C3)nc(-c3ccc(F)cc3F)c2s1. The summed E-state index contributed by atoms with van der Waals surface area (Å²) in [5, 5.41) is 5.25. The highest BCUT2D eigenvalue weighted by Crippen LogP contribution is 2.41. The number of aromatic nitrogens is 5. The van der Waals surface area contributed by atoms with E-state index < -0.39 is 11.6 Å². The number of fused-ring (bicyclic) bond motifs is 1. The van der Waals surface area contributed by atoms with Gasteiger partial charge in [-0.3, -0.25) is 4.68 Å². The van der Waals surface area contributed by atoms with Gasteiger partial charge in [0.05, 0.1) is 24.0 Å². The third kappa shape index (κ3) is 3.94. The maximum absolute atomic E-state index is 14.8. The summed E-state index contributed by atoms with van der Waals surface area (Å²) < 4.78 is 37.2. The molecule has 2 unspecified atom stereocenters. The van der Waals surface area contributed by atoms with E-state index in [0.29, 0.717) is 40.9 Å². The Morgan fingerprint density at radius 1 is 1.12 bits per heavy atom. The van der Waals surface area contributed by atoms with Crippen LogP contribution >= 0.6 is 11.3 Å². The van der Waals surface area contributed by atoms with E-state index in [9.17, 15) is 8.78 Å². The summed E-state index contributed by atoms with van der Waals surface area (Å²) in [7, 11) is 3.80. The van der Waals surface area contributed by atoms with Crippen molar-refractivity contribution in [3.63, 3.8) is 0 Å². The topological polar surface area (TPSA) is 69.0 Å². The fourth-order valence-electron chi connectivity index (χ4n) is 4.39. The largest absolute Gasteiger partial charge is 0.373 e. The minimum atomic E-state index is -0.650. The Labute approximate surface area is 199 Å². The van der Waals surface area contributed by atoms with Crippen molar-refractivity contribution in [2.24, 2.45) is 0 Å². The van der Waals surface area contributed by atoms with Gasteiger partial charge in [0.1, 0.15) is 22.2 Å². The van der Waals surface area contributed by atoms with Crippen molar-refractivity contribution >= 4 is 26.8 Å². The van der Waals surface area contributed by atoms with Crippen LogP contribution in [0.5, 0.6) is 0 Å². The predicted octanol–water partition coefficient (Wildman–Crippen LogP) is 5.26. The number of halogens is 2. The second-order valence-corrected chi connectivity index (χ2v) is 10.1. The second kappa shape index (κ2) is 8.35. The molecular formula is C24H24F2N6OS. The summed E-state index contributed by atoms with van der Waals surface area (Å²) in [4.78, 5) is 16.2. The van der Waals surface area contributed by atoms with Crippen molar-refractivity contribution in [3.8, 4) is 11.3 Å². The summed E-state index contributed by atoms with van der Waals surface area (Å²) in [5.41, 5.74) is 2.29. The number of rotatable bonds is 5. The Balaban J connectivity index is 1.39. The van der Waals surface area contributed by atoms with Gasteiger partial charge in [0.25, 0.3) is 0 Å². The molecule has 0 N–H and O–H groups in total. The van der Waals surface area contributed by atoms with Crippen molar-refractivity contribution < 1.29 is 13.5 Å². The molecule has 2 fully saturated rings. The molecule has 0 bridgehead atoms. The lowest BCUT2D eigenvalue weighted by molar-refractivity contribution is 0.00396. The summed E-state index contributed by atoms with van der Waals surface area (Å²) in [6.45, 7) is 0.575. The van der Waals surface area contributed by atoms with Gasteiger partial charge >= 0.3 is 0 Å². The van der Waals surface area contributed by atoms with Crippen molar-refractivity contribution in [1.29, 1.82) is 0 Å². The molecule has 0 amide bonds. The van der Waals surface area contributed by atoms with Gasteiger partial charge < -0.3 is 9.64 Å². The highest BCUT2D eigenvalue weighted by atomic mass is 32.1. The van der Waals surface area contributed by atoms with E-state index in [0.717, 1.165) is 23.2 Å². The van der Waals surface area contributed by atoms with E-state index in [1.165, 1.54) is 36.3 Å². The van der Waals surface area contributed by atoms with Crippen LogP contribution in [-0.4, -0.2) is 45.4 Å². The molecule has 2 aliphatic rings. The minimum absolute atomic E-state index is 0.0270. The van der Waals surface area contributed by atoms with E-state index >= 15 is 0 Å². The summed E-state index contributed by atoms with van der Waals surface area (Å²) in [6.07, 6.45) is 7.69. The van der Waals surface area contributed by atoms with Crippen LogP contribution in [0.15, 0.2) is 30.6 Å². The second-order valence-electron chi connectivity index (χ2n) is 9.16. The molecule has 1 aliphatic heterocycles. The number of hydrogen-bond donors (Lipinski definition) is 0. The zero-order valence-electron chi connectivity index (χ0n) is 18.9. The van der Waals surface area contributed by atoms with Gasteiger partial charge in [-0.1, -0.05) is 11.3 Å². The van der Waals surface area contributed by atoms with E-state index in [1.54, 1.807) is 0 Å². The number of anilines is 1. The standard InChI is InChI=1S/C24H24F2N6OS/c1-31(2)24-30-23-21(34-24)20(17-6-3-15(25)10-18(17)26)28-22(29-23)13-7-8-33-19(9-13)14-11-27-32(12-14)16-4-5-16/h3,6,10-13,16,19H,4-5,7-9H2,1-2H3. The van der Waals surface area contributed by atoms with Gasteiger partial charge in [-0.2, -0.15) is 10.1 Å². The van der Waals surface area contributed by atoms with E-state index in [1.807, 2.05) is 29.9 Å². The van der Waals surface area contributed by atoms with Crippen molar-refractivity contribution in [3.05, 3.63) is 53.6 Å². The molecule has 4 heterocycles. The maximum atomic E-state index is 14.8. The van der Waals surface area contributed by atoms with Crippen LogP contribution in [0.4, 0.5) is 13.9 Å². The zero-order chi connectivity index (χ0) is 23.4. The molecule has 176 valence electrons. The predicted molar refractivity (Wildman–Crippen MR) is 126 cm³/mol. The maximum Gasteiger partial charge on any atom is 0.187 e. The zero-order valence-corrected chi connectivity index (χ0v) is 19.7. The Bertz CT molecular complexity index is 1370. The van der Waals surface area contributed by atoms with Gasteiger partial charge in [-0.25, -0.2) is 18.7 Å². The molecule has 7 nitrogen and oxygen atoms in total. The lowest BCUT2D eigenvalue weighted by Crippen LogP contribution is -2.20. The average Bonchev–Trinajstić information content (AvgIpc) is 3.38. The molecule has 10 heteroatoms. The molecule has 34 heavy (non-hydrogen) atoms. The van der Waals surface area contributed by atoms with E-state index in [2.05, 4.69) is 16.3 Å². The van der Waals surface area contributed by atoms with Crippen molar-refractivity contribution in [2.75, 3.05) is 25.6 Å². The van der Waals surface area contributed by atoms with E-state index in [-0.39, 0.29) is 17.6 Å². The highest BCUT2D eigenvalue weighted by Gasteiger charge is 2.31. The molecular weight excluding hydrogens is 458 g/mol. The Hall–Kier alpha value is -2.98. The third-order valence-electron chi connectivity index (χ3n) is 6.39. The average molecular weight is 483 g/mol. The molecule has 1 aromatic carbocycles. The minimum Gasteiger partial charge on any atom is -0.373 e. The van der Waals surface area contributed by atoms with Crippen molar-refractivity contribution in [2.45, 2.75) is 43.7 Å². The fraction of sp³-hybridized carbons (Fsp3) is 0.417. The highest BCUT2D eigenvalue weighted by molar-refractivity contribution is 7.22. The van der Waals surface area contributed by atoms with Gasteiger partial charge in [0.2, 0.25) is 0 Å². The smallest absolute Gasteiger partial charge is 0.187 e. The first-order valence-electron chi connectivity index (χ1n) is 11.4. The first kappa shape index (κ1) is 21.5. The quantitative estimate of drug-likeness (QED) is 0.386. The molecule has 4 aromatic rings. The normalized spacial score (nSPS) is 20.7. The van der Waals surface area contributed by atoms with E-state index in [4.69, 9.17) is 14.7 Å². The van der Waals surface area contributed by atoms with Crippen LogP contribution in [0.1, 0.15) is 55.1 Å². The van der Waals surface area contributed by atoms with Gasteiger partial charge in [0.15, 0.2) is 10.8 Å². The first-order chi connectivity index (χ1) is 16.5. The van der Waals surface area contributed by atoms with Crippen LogP contribution in [0.2, 0.25) is 0 Å². The molecule has 6 rings (SSSR count). The molecule has 1 saturated heterocycles. The van der Waals surface area contributed by atoms with Crippen LogP contribution < -0.4 is 4.90 Å². The number of ether oxygens (including phenoxy) is 1. The van der Waals surface area contributed by atoms with Crippen LogP contribution in [0, 0.1) is 11.6 Å². The van der Waals surface area contributed by atoms with Gasteiger partial charge in [-0.05, 0) is 37.8 Å². The van der Waals surface area contributed by atoms with Gasteiger partial charge in [-0.15, -0.1) is 0 Å². The Morgan fingerprint density at radius 3 is 2.74 bits per heavy atom. The number of thiazole rings is 1. The van der Waals surface area contributed by atoms with Gasteiger partial charge in [0, 0.05) is 50.0 Å². The lowest BCUT2D eigenvalue weighted by Gasteiger charge is -2.28. The molecule has 0 spiro atoms. The monoisotopic (exact) mass is 482 g/mol. The molecule has 0 radical (unpaired) electrons. The Kier molecular flexibility index (Phi) is 5.29. The summed E-state index contributed by atoms with van der Waals surface area (Å²) in [6, 6.07) is 4.09. The molecule has 1 aliphatic carbocycles. The number of nitrogens with zero attached hydrogens (tertiary/aromatic N) is 6. The van der Waals surface area contributed by atoms with Crippen molar-refractivity contribution in [1.82, 2.24) is 24.7 Å². The lowest BCUT2D eigenvalue weighted by atomic mass is 9.92. The third-order valence-corrected chi connectivity index (χ3v) is 7.61. The van der Waals surface area contributed by atoms with Crippen LogP contribution in [0.25, 0.3) is 21.6 Å². The molecule has 2 atom stereocenters. The first-order valence-corrected chi connectivity index (χ1v) is 12.2. The Morgan fingerprint density at radius 2 is 1.97 bits per heavy atom. The number of hydrogen-bond acceptors (Lipinski definition) is 7. The summed E-state index contributed by atoms with van der Waals surface area (Å²) >= 11 is 1.40. The number of benzene rings is 1. The molecule has 1 saturated carbocycles. The van der Waals surface area contributed by atoms with Crippen LogP contribution in [-0.2, 0) is 4.74 Å². The summed E-state index contributed by atoms with van der Waals surface area (Å²) in [5.74, 6) is -0.629.